The number of carbonyl (C=O) groups is 2. The lowest BCUT2D eigenvalue weighted by Crippen LogP contribution is -2.35. The predicted octanol–water partition coefficient (Wildman–Crippen LogP) is 4.53. The third kappa shape index (κ3) is 5.35. The van der Waals surface area contributed by atoms with Crippen LogP contribution < -0.4 is 4.90 Å². The second-order valence-corrected chi connectivity index (χ2v) is 9.71. The van der Waals surface area contributed by atoms with Crippen molar-refractivity contribution in [1.29, 1.82) is 0 Å². The molecule has 0 aliphatic rings. The van der Waals surface area contributed by atoms with Gasteiger partial charge in [0.2, 0.25) is 5.91 Å². The van der Waals surface area contributed by atoms with Crippen LogP contribution in [0, 0.1) is 12.7 Å². The van der Waals surface area contributed by atoms with Crippen molar-refractivity contribution in [3.63, 3.8) is 0 Å². The Bertz CT molecular complexity index is 1300. The maximum absolute atomic E-state index is 14.2. The van der Waals surface area contributed by atoms with Crippen LogP contribution in [0.5, 0.6) is 0 Å². The molecule has 3 aromatic rings. The maximum atomic E-state index is 14.2. The highest BCUT2D eigenvalue weighted by atomic mass is 32.2. The zero-order valence-electron chi connectivity index (χ0n) is 18.2. The third-order valence-corrected chi connectivity index (χ3v) is 7.38. The van der Waals surface area contributed by atoms with Gasteiger partial charge >= 0.3 is 0 Å². The molecule has 33 heavy (non-hydrogen) atoms. The van der Waals surface area contributed by atoms with Crippen molar-refractivity contribution in [3.8, 4) is 0 Å². The molecule has 172 valence electrons. The number of sulfonamides is 1. The summed E-state index contributed by atoms with van der Waals surface area (Å²) in [4.78, 5) is 30.3. The molecule has 10 heteroatoms. The fourth-order valence-corrected chi connectivity index (χ4v) is 5.24. The zero-order chi connectivity index (χ0) is 24.2. The van der Waals surface area contributed by atoms with E-state index in [9.17, 15) is 22.4 Å². The van der Waals surface area contributed by atoms with E-state index in [1.807, 2.05) is 6.92 Å². The molecule has 0 unspecified atom stereocenters. The minimum Gasteiger partial charge on any atom is -0.274 e. The molecule has 0 saturated heterocycles. The summed E-state index contributed by atoms with van der Waals surface area (Å²) in [5.74, 6) is -1.73. The van der Waals surface area contributed by atoms with Gasteiger partial charge in [0.15, 0.2) is 5.13 Å². The first kappa shape index (κ1) is 24.3. The maximum Gasteiger partial charge on any atom is 0.266 e. The number of thiazole rings is 1. The van der Waals surface area contributed by atoms with Crippen LogP contribution in [-0.2, 0) is 19.6 Å². The van der Waals surface area contributed by atoms with Crippen molar-refractivity contribution in [3.05, 3.63) is 77.1 Å². The molecule has 0 fully saturated rings. The lowest BCUT2D eigenvalue weighted by Gasteiger charge is -2.19. The number of likely N-dealkylation sites (N-methyl/N-ethyl adjacent to an activating group) is 1. The summed E-state index contributed by atoms with van der Waals surface area (Å²) in [6, 6.07) is 12.1. The van der Waals surface area contributed by atoms with Gasteiger partial charge in [-0.15, -0.1) is 11.3 Å². The summed E-state index contributed by atoms with van der Waals surface area (Å²) in [7, 11) is -4.01. The molecule has 1 heterocycles. The number of para-hydroxylation sites is 1. The second-order valence-electron chi connectivity index (χ2n) is 7.02. The van der Waals surface area contributed by atoms with Gasteiger partial charge in [0, 0.05) is 24.9 Å². The smallest absolute Gasteiger partial charge is 0.266 e. The van der Waals surface area contributed by atoms with Gasteiger partial charge in [0.05, 0.1) is 16.3 Å². The molecule has 0 spiro atoms. The topological polar surface area (TPSA) is 87.7 Å². The first-order chi connectivity index (χ1) is 15.6. The number of carbonyl (C=O) groups excluding carboxylic acids is 2. The summed E-state index contributed by atoms with van der Waals surface area (Å²) < 4.78 is 40.7. The Hall–Kier alpha value is -3.37. The van der Waals surface area contributed by atoms with Crippen molar-refractivity contribution in [2.45, 2.75) is 25.7 Å². The van der Waals surface area contributed by atoms with E-state index in [2.05, 4.69) is 4.98 Å². The Morgan fingerprint density at radius 3 is 2.39 bits per heavy atom. The number of rotatable bonds is 7. The molecule has 0 atom stereocenters. The third-order valence-electron chi connectivity index (χ3n) is 4.65. The van der Waals surface area contributed by atoms with Crippen LogP contribution in [-0.4, -0.2) is 36.1 Å². The highest BCUT2D eigenvalue weighted by Crippen LogP contribution is 2.31. The highest BCUT2D eigenvalue weighted by molar-refractivity contribution is 7.89. The van der Waals surface area contributed by atoms with Gasteiger partial charge in [-0.2, -0.15) is 0 Å². The van der Waals surface area contributed by atoms with Crippen molar-refractivity contribution in [2.75, 3.05) is 11.4 Å². The van der Waals surface area contributed by atoms with Gasteiger partial charge in [0.1, 0.15) is 5.82 Å². The van der Waals surface area contributed by atoms with Gasteiger partial charge < -0.3 is 0 Å². The molecular formula is C23H22FN3O4S2. The number of hydrogen-bond acceptors (Lipinski definition) is 6. The minimum atomic E-state index is -4.01. The molecule has 1 aromatic heterocycles. The average Bonchev–Trinajstić information content (AvgIpc) is 3.22. The van der Waals surface area contributed by atoms with E-state index in [0.717, 1.165) is 32.2 Å². The Kier molecular flexibility index (Phi) is 7.39. The van der Waals surface area contributed by atoms with Crippen LogP contribution in [0.25, 0.3) is 6.08 Å². The summed E-state index contributed by atoms with van der Waals surface area (Å²) in [6.07, 6.45) is 2.46. The van der Waals surface area contributed by atoms with E-state index in [0.29, 0.717) is 5.69 Å². The summed E-state index contributed by atoms with van der Waals surface area (Å²) in [5, 5.41) is 1.81. The molecule has 2 aromatic carbocycles. The standard InChI is InChI=1S/C23H22FN3O4S2/c1-4-26(33(30,31)19-12-9-16(2)10-13-19)22(29)14-11-18-15-32-23(25-18)27(17(3)28)21-8-6-5-7-20(21)24/h5-15H,4H2,1-3H3/b14-11-. The fraction of sp³-hybridized carbons (Fsp3) is 0.174. The quantitative estimate of drug-likeness (QED) is 0.457. The Morgan fingerprint density at radius 1 is 1.12 bits per heavy atom. The Labute approximate surface area is 195 Å². The number of aromatic nitrogens is 1. The lowest BCUT2D eigenvalue weighted by atomic mass is 10.2. The summed E-state index contributed by atoms with van der Waals surface area (Å²) in [6.45, 7) is 4.65. The number of aryl methyl sites for hydroxylation is 1. The second kappa shape index (κ2) is 10.1. The van der Waals surface area contributed by atoms with E-state index < -0.39 is 27.7 Å². The van der Waals surface area contributed by atoms with Gasteiger partial charge in [-0.05, 0) is 44.2 Å². The molecule has 0 aliphatic carbocycles. The minimum absolute atomic E-state index is 0.0228. The predicted molar refractivity (Wildman–Crippen MR) is 126 cm³/mol. The zero-order valence-corrected chi connectivity index (χ0v) is 19.9. The van der Waals surface area contributed by atoms with Gasteiger partial charge in [-0.25, -0.2) is 22.1 Å². The average molecular weight is 488 g/mol. The van der Waals surface area contributed by atoms with Crippen molar-refractivity contribution >= 4 is 50.1 Å². The first-order valence-corrected chi connectivity index (χ1v) is 12.3. The van der Waals surface area contributed by atoms with Crippen LogP contribution in [0.15, 0.2) is 64.9 Å². The molecule has 3 rings (SSSR count). The number of anilines is 2. The SMILES string of the molecule is CCN(C(=O)/C=C\c1csc(N(C(C)=O)c2ccccc2F)n1)S(=O)(=O)c1ccc(C)cc1. The normalized spacial score (nSPS) is 11.5. The van der Waals surface area contributed by atoms with Crippen molar-refractivity contribution in [2.24, 2.45) is 0 Å². The van der Waals surface area contributed by atoms with Crippen LogP contribution in [0.2, 0.25) is 0 Å². The number of nitrogens with zero attached hydrogens (tertiary/aromatic N) is 3. The molecule has 0 N–H and O–H groups in total. The largest absolute Gasteiger partial charge is 0.274 e. The van der Waals surface area contributed by atoms with Gasteiger partial charge in [-0.3, -0.25) is 14.5 Å². The highest BCUT2D eigenvalue weighted by Gasteiger charge is 2.26. The Morgan fingerprint density at radius 2 is 1.79 bits per heavy atom. The fourth-order valence-electron chi connectivity index (χ4n) is 3.02. The Balaban J connectivity index is 1.83. The molecule has 2 amide bonds. The summed E-state index contributed by atoms with van der Waals surface area (Å²) >= 11 is 1.09. The van der Waals surface area contributed by atoms with Crippen LogP contribution >= 0.6 is 11.3 Å². The van der Waals surface area contributed by atoms with Gasteiger partial charge in [0.25, 0.3) is 15.9 Å². The van der Waals surface area contributed by atoms with Crippen LogP contribution in [0.4, 0.5) is 15.2 Å². The van der Waals surface area contributed by atoms with E-state index in [1.165, 1.54) is 43.3 Å². The number of halogens is 1. The molecule has 7 nitrogen and oxygen atoms in total. The van der Waals surface area contributed by atoms with Crippen molar-refractivity contribution < 1.29 is 22.4 Å². The molecule has 0 aliphatic heterocycles. The van der Waals surface area contributed by atoms with Gasteiger partial charge in [-0.1, -0.05) is 29.8 Å². The number of hydrogen-bond donors (Lipinski definition) is 0. The number of benzene rings is 2. The molecule has 0 bridgehead atoms. The first-order valence-electron chi connectivity index (χ1n) is 9.97. The molecule has 0 radical (unpaired) electrons. The van der Waals surface area contributed by atoms with E-state index in [-0.39, 0.29) is 22.3 Å². The monoisotopic (exact) mass is 487 g/mol. The number of amides is 2. The van der Waals surface area contributed by atoms with E-state index >= 15 is 0 Å². The van der Waals surface area contributed by atoms with Crippen LogP contribution in [0.1, 0.15) is 25.1 Å². The van der Waals surface area contributed by atoms with Crippen LogP contribution in [0.3, 0.4) is 0 Å². The van der Waals surface area contributed by atoms with Crippen molar-refractivity contribution in [1.82, 2.24) is 9.29 Å². The molecular weight excluding hydrogens is 465 g/mol. The molecule has 0 saturated carbocycles. The lowest BCUT2D eigenvalue weighted by molar-refractivity contribution is -0.121. The van der Waals surface area contributed by atoms with E-state index in [4.69, 9.17) is 0 Å². The van der Waals surface area contributed by atoms with E-state index in [1.54, 1.807) is 30.5 Å². The summed E-state index contributed by atoms with van der Waals surface area (Å²) in [5.41, 5.74) is 1.29.